The largest absolute Gasteiger partial charge is 0.460 e. The van der Waals surface area contributed by atoms with Gasteiger partial charge in [0.2, 0.25) is 0 Å². The van der Waals surface area contributed by atoms with Gasteiger partial charge in [-0.25, -0.2) is 9.59 Å². The summed E-state index contributed by atoms with van der Waals surface area (Å²) in [4.78, 5) is 25.9. The predicted octanol–water partition coefficient (Wildman–Crippen LogP) is 4.48. The Kier molecular flexibility index (Phi) is 9.58. The van der Waals surface area contributed by atoms with Crippen LogP contribution in [0.5, 0.6) is 0 Å². The van der Waals surface area contributed by atoms with Gasteiger partial charge in [0.1, 0.15) is 25.4 Å². The van der Waals surface area contributed by atoms with E-state index in [0.29, 0.717) is 0 Å². The SMILES string of the molecule is C=CCOC(=O)[C@H](CO[C@@H]1OC2COC(c3ccccc3)O[C@H]2C(O)C1C)NC(=O)OCC1c2ccccc2-c2ccccc21. The van der Waals surface area contributed by atoms with E-state index in [2.05, 4.69) is 24.0 Å². The molecule has 2 aliphatic heterocycles. The van der Waals surface area contributed by atoms with Gasteiger partial charge < -0.3 is 38.8 Å². The van der Waals surface area contributed by atoms with Crippen molar-refractivity contribution in [2.24, 2.45) is 5.92 Å². The van der Waals surface area contributed by atoms with E-state index in [1.807, 2.05) is 66.7 Å². The van der Waals surface area contributed by atoms with Crippen LogP contribution >= 0.6 is 0 Å². The van der Waals surface area contributed by atoms with Crippen molar-refractivity contribution in [3.8, 4) is 11.1 Å². The van der Waals surface area contributed by atoms with Crippen LogP contribution < -0.4 is 5.32 Å². The molecular weight excluding hydrogens is 578 g/mol. The lowest BCUT2D eigenvalue weighted by Gasteiger charge is -2.47. The summed E-state index contributed by atoms with van der Waals surface area (Å²) in [6.07, 6.45) is -3.04. The van der Waals surface area contributed by atoms with E-state index in [1.54, 1.807) is 6.92 Å². The van der Waals surface area contributed by atoms with Crippen LogP contribution in [0.1, 0.15) is 35.8 Å². The number of hydrogen-bond donors (Lipinski definition) is 2. The number of hydrogen-bond acceptors (Lipinski definition) is 9. The minimum absolute atomic E-state index is 0.0439. The molecule has 10 nitrogen and oxygen atoms in total. The molecule has 3 aromatic rings. The lowest BCUT2D eigenvalue weighted by Crippen LogP contribution is -2.59. The third-order valence-electron chi connectivity index (χ3n) is 8.44. The maximum absolute atomic E-state index is 13.0. The fourth-order valence-electron chi connectivity index (χ4n) is 6.08. The molecule has 0 radical (unpaired) electrons. The Bertz CT molecular complexity index is 1450. The number of esters is 1. The second-order valence-electron chi connectivity index (χ2n) is 11.3. The maximum Gasteiger partial charge on any atom is 0.407 e. The van der Waals surface area contributed by atoms with Crippen LogP contribution in [0.15, 0.2) is 91.5 Å². The predicted molar refractivity (Wildman–Crippen MR) is 163 cm³/mol. The zero-order valence-corrected chi connectivity index (χ0v) is 25.0. The number of alkyl carbamates (subject to hydrolysis) is 1. The van der Waals surface area contributed by atoms with Crippen molar-refractivity contribution in [2.75, 3.05) is 26.4 Å². The van der Waals surface area contributed by atoms with E-state index in [4.69, 9.17) is 28.4 Å². The van der Waals surface area contributed by atoms with E-state index >= 15 is 0 Å². The van der Waals surface area contributed by atoms with Gasteiger partial charge in [-0.2, -0.15) is 0 Å². The van der Waals surface area contributed by atoms with Crippen molar-refractivity contribution in [3.05, 3.63) is 108 Å². The number of ether oxygens (including phenoxy) is 6. The Balaban J connectivity index is 1.07. The molecule has 10 heteroatoms. The Morgan fingerprint density at radius 3 is 2.33 bits per heavy atom. The summed E-state index contributed by atoms with van der Waals surface area (Å²) in [5.41, 5.74) is 5.20. The zero-order valence-electron chi connectivity index (χ0n) is 25.0. The molecule has 0 saturated carbocycles. The van der Waals surface area contributed by atoms with Gasteiger partial charge in [-0.15, -0.1) is 0 Å². The number of nitrogens with one attached hydrogen (secondary N) is 1. The van der Waals surface area contributed by atoms with Crippen molar-refractivity contribution < 1.29 is 43.1 Å². The van der Waals surface area contributed by atoms with Gasteiger partial charge in [0.15, 0.2) is 18.6 Å². The van der Waals surface area contributed by atoms with Gasteiger partial charge in [0.05, 0.1) is 19.3 Å². The van der Waals surface area contributed by atoms with E-state index in [1.165, 1.54) is 6.08 Å². The third-order valence-corrected chi connectivity index (χ3v) is 8.44. The summed E-state index contributed by atoms with van der Waals surface area (Å²) in [7, 11) is 0. The Hall–Kier alpha value is -4.06. The van der Waals surface area contributed by atoms with Crippen LogP contribution in [0.25, 0.3) is 11.1 Å². The Morgan fingerprint density at radius 1 is 0.978 bits per heavy atom. The number of fused-ring (bicyclic) bond motifs is 4. The van der Waals surface area contributed by atoms with Gasteiger partial charge in [-0.1, -0.05) is 98.4 Å². The molecule has 2 fully saturated rings. The highest BCUT2D eigenvalue weighted by Gasteiger charge is 2.48. The van der Waals surface area contributed by atoms with Crippen molar-refractivity contribution in [3.63, 3.8) is 0 Å². The molecule has 0 bridgehead atoms. The molecule has 6 rings (SSSR count). The lowest BCUT2D eigenvalue weighted by atomic mass is 9.91. The second-order valence-corrected chi connectivity index (χ2v) is 11.3. The fraction of sp³-hybridized carbons (Fsp3) is 0.371. The maximum atomic E-state index is 13.0. The topological polar surface area (TPSA) is 122 Å². The normalized spacial score (nSPS) is 26.1. The lowest BCUT2D eigenvalue weighted by molar-refractivity contribution is -0.352. The molecule has 0 aromatic heterocycles. The molecule has 236 valence electrons. The Labute approximate surface area is 261 Å². The first-order valence-electron chi connectivity index (χ1n) is 15.1. The molecule has 3 aliphatic rings. The number of benzene rings is 3. The van der Waals surface area contributed by atoms with Gasteiger partial charge in [-0.3, -0.25) is 0 Å². The van der Waals surface area contributed by atoms with Crippen LogP contribution in [0.4, 0.5) is 4.79 Å². The summed E-state index contributed by atoms with van der Waals surface area (Å²) in [6, 6.07) is 24.3. The number of carbonyl (C=O) groups is 2. The number of carbonyl (C=O) groups excluding carboxylic acids is 2. The Morgan fingerprint density at radius 2 is 1.64 bits per heavy atom. The van der Waals surface area contributed by atoms with Crippen LogP contribution in [-0.2, 0) is 33.2 Å². The number of rotatable bonds is 10. The average molecular weight is 616 g/mol. The fourth-order valence-corrected chi connectivity index (χ4v) is 6.08. The van der Waals surface area contributed by atoms with Crippen LogP contribution in [0.3, 0.4) is 0 Å². The smallest absolute Gasteiger partial charge is 0.407 e. The average Bonchev–Trinajstić information content (AvgIpc) is 3.40. The molecule has 2 saturated heterocycles. The molecule has 1 amide bonds. The van der Waals surface area contributed by atoms with Gasteiger partial charge in [-0.05, 0) is 22.3 Å². The summed E-state index contributed by atoms with van der Waals surface area (Å²) in [5.74, 6) is -1.38. The van der Waals surface area contributed by atoms with Crippen LogP contribution in [0.2, 0.25) is 0 Å². The molecule has 2 heterocycles. The highest BCUT2D eigenvalue weighted by atomic mass is 16.7. The summed E-state index contributed by atoms with van der Waals surface area (Å²) >= 11 is 0. The molecular formula is C35H37NO9. The van der Waals surface area contributed by atoms with Crippen molar-refractivity contribution in [1.82, 2.24) is 5.32 Å². The van der Waals surface area contributed by atoms with Gasteiger partial charge in [0, 0.05) is 17.4 Å². The highest BCUT2D eigenvalue weighted by molar-refractivity contribution is 5.82. The first kappa shape index (κ1) is 30.9. The first-order valence-corrected chi connectivity index (χ1v) is 15.1. The summed E-state index contributed by atoms with van der Waals surface area (Å²) in [6.45, 7) is 5.27. The van der Waals surface area contributed by atoms with Crippen molar-refractivity contribution in [1.29, 1.82) is 0 Å². The van der Waals surface area contributed by atoms with Gasteiger partial charge in [0.25, 0.3) is 0 Å². The molecule has 4 unspecified atom stereocenters. The molecule has 0 spiro atoms. The van der Waals surface area contributed by atoms with Crippen molar-refractivity contribution >= 4 is 12.1 Å². The number of amides is 1. The summed E-state index contributed by atoms with van der Waals surface area (Å²) < 4.78 is 34.9. The summed E-state index contributed by atoms with van der Waals surface area (Å²) in [5, 5.41) is 13.7. The second kappa shape index (κ2) is 13.9. The number of aliphatic hydroxyl groups excluding tert-OH is 1. The number of aliphatic hydroxyl groups is 1. The minimum atomic E-state index is -1.20. The van der Waals surface area contributed by atoms with E-state index in [-0.39, 0.29) is 32.3 Å². The third kappa shape index (κ3) is 6.66. The van der Waals surface area contributed by atoms with E-state index in [9.17, 15) is 14.7 Å². The minimum Gasteiger partial charge on any atom is -0.460 e. The quantitative estimate of drug-likeness (QED) is 0.251. The van der Waals surface area contributed by atoms with Gasteiger partial charge >= 0.3 is 12.1 Å². The molecule has 3 aromatic carbocycles. The standard InChI is InChI=1S/C35H37NO9/c1-3-17-40-32(38)28(36-35(39)43-18-27-25-15-9-7-13-23(25)24-14-8-10-16-26(24)27)19-41-33-21(2)30(37)31-29(44-33)20-42-34(45-31)22-11-5-4-6-12-22/h3-16,21,27-31,33-34,37H,1,17-20H2,2H3,(H,36,39)/t21?,28-,29?,30?,31+,33+,34?/m0/s1. The highest BCUT2D eigenvalue weighted by Crippen LogP contribution is 2.44. The molecule has 1 aliphatic carbocycles. The monoisotopic (exact) mass is 615 g/mol. The molecule has 45 heavy (non-hydrogen) atoms. The molecule has 2 N–H and O–H groups in total. The van der Waals surface area contributed by atoms with E-state index < -0.39 is 54.9 Å². The van der Waals surface area contributed by atoms with Crippen LogP contribution in [0, 0.1) is 5.92 Å². The van der Waals surface area contributed by atoms with E-state index in [0.717, 1.165) is 27.8 Å². The first-order chi connectivity index (χ1) is 21.9. The molecule has 7 atom stereocenters. The van der Waals surface area contributed by atoms with Crippen molar-refractivity contribution in [2.45, 2.75) is 49.8 Å². The van der Waals surface area contributed by atoms with Crippen LogP contribution in [-0.4, -0.2) is 74.2 Å². The zero-order chi connectivity index (χ0) is 31.3.